The molecule has 2 atom stereocenters. The zero-order valence-electron chi connectivity index (χ0n) is 17.7. The zero-order chi connectivity index (χ0) is 20.0. The molecule has 5 rings (SSSR count). The maximum Gasteiger partial charge on any atom is 0.116 e. The smallest absolute Gasteiger partial charge is 0.116 e. The molecular formula is C25H29N3. The lowest BCUT2D eigenvalue weighted by atomic mass is 9.57. The number of aromatic nitrogens is 1. The Kier molecular flexibility index (Phi) is 3.31. The van der Waals surface area contributed by atoms with E-state index in [1.54, 1.807) is 0 Å². The van der Waals surface area contributed by atoms with Crippen molar-refractivity contribution in [3.63, 3.8) is 0 Å². The molecule has 3 aliphatic heterocycles. The molecular weight excluding hydrogens is 342 g/mol. The summed E-state index contributed by atoms with van der Waals surface area (Å²) in [6, 6.07) is 11.0. The summed E-state index contributed by atoms with van der Waals surface area (Å²) in [7, 11) is 2.25. The number of allylic oxidation sites excluding steroid dienone is 1. The first kappa shape index (κ1) is 17.5. The summed E-state index contributed by atoms with van der Waals surface area (Å²) < 4.78 is 0. The fraction of sp³-hybridized carbons (Fsp3) is 0.400. The Morgan fingerprint density at radius 3 is 2.50 bits per heavy atom. The van der Waals surface area contributed by atoms with E-state index in [-0.39, 0.29) is 17.0 Å². The van der Waals surface area contributed by atoms with Crippen LogP contribution in [0.2, 0.25) is 0 Å². The van der Waals surface area contributed by atoms with Crippen LogP contribution in [-0.2, 0) is 5.41 Å². The maximum absolute atomic E-state index is 4.87. The third-order valence-electron chi connectivity index (χ3n) is 7.60. The average molecular weight is 372 g/mol. The number of hydrogen-bond acceptors (Lipinski definition) is 3. The van der Waals surface area contributed by atoms with Crippen molar-refractivity contribution in [1.82, 2.24) is 9.88 Å². The monoisotopic (exact) mass is 371 g/mol. The van der Waals surface area contributed by atoms with E-state index >= 15 is 0 Å². The molecule has 28 heavy (non-hydrogen) atoms. The highest BCUT2D eigenvalue weighted by atomic mass is 15.4. The summed E-state index contributed by atoms with van der Waals surface area (Å²) in [5.74, 6) is 0.409. The van der Waals surface area contributed by atoms with Crippen molar-refractivity contribution in [3.8, 4) is 11.1 Å². The van der Waals surface area contributed by atoms with E-state index in [1.165, 1.54) is 33.8 Å². The molecule has 1 aromatic heterocycles. The number of nitrogens with zero attached hydrogens (tertiary/aromatic N) is 3. The molecule has 0 saturated carbocycles. The molecule has 0 bridgehead atoms. The number of benzene rings is 1. The Labute approximate surface area is 168 Å². The van der Waals surface area contributed by atoms with Crippen LogP contribution < -0.4 is 4.90 Å². The van der Waals surface area contributed by atoms with Gasteiger partial charge < -0.3 is 9.80 Å². The minimum absolute atomic E-state index is 0.0488. The fourth-order valence-electron chi connectivity index (χ4n) is 5.85. The Morgan fingerprint density at radius 1 is 1.11 bits per heavy atom. The van der Waals surface area contributed by atoms with Gasteiger partial charge in [0.1, 0.15) is 6.17 Å². The van der Waals surface area contributed by atoms with Gasteiger partial charge in [-0.25, -0.2) is 0 Å². The predicted octanol–water partition coefficient (Wildman–Crippen LogP) is 5.65. The highest BCUT2D eigenvalue weighted by Gasteiger charge is 2.60. The van der Waals surface area contributed by atoms with Crippen LogP contribution in [0.3, 0.4) is 0 Å². The number of fused-ring (bicyclic) bond motifs is 3. The third-order valence-corrected chi connectivity index (χ3v) is 7.60. The van der Waals surface area contributed by atoms with Crippen LogP contribution in [-0.4, -0.2) is 23.1 Å². The van der Waals surface area contributed by atoms with Crippen molar-refractivity contribution in [2.75, 3.05) is 11.9 Å². The van der Waals surface area contributed by atoms with E-state index < -0.39 is 0 Å². The molecule has 0 spiro atoms. The van der Waals surface area contributed by atoms with Crippen LogP contribution in [0.5, 0.6) is 0 Å². The summed E-state index contributed by atoms with van der Waals surface area (Å²) >= 11 is 0. The second-order valence-electron chi connectivity index (χ2n) is 9.46. The maximum atomic E-state index is 4.87. The fourth-order valence-corrected chi connectivity index (χ4v) is 5.85. The average Bonchev–Trinajstić information content (AvgIpc) is 3.00. The lowest BCUT2D eigenvalue weighted by Gasteiger charge is -2.58. The van der Waals surface area contributed by atoms with Gasteiger partial charge in [0.25, 0.3) is 0 Å². The Hall–Kier alpha value is -2.55. The van der Waals surface area contributed by atoms with Gasteiger partial charge in [-0.1, -0.05) is 65.0 Å². The molecule has 0 aliphatic carbocycles. The van der Waals surface area contributed by atoms with Gasteiger partial charge in [-0.15, -0.1) is 6.58 Å². The van der Waals surface area contributed by atoms with Gasteiger partial charge in [0.15, 0.2) is 0 Å². The van der Waals surface area contributed by atoms with Gasteiger partial charge in [-0.2, -0.15) is 0 Å². The van der Waals surface area contributed by atoms with Gasteiger partial charge in [0.05, 0.1) is 17.1 Å². The molecule has 1 aromatic carbocycles. The van der Waals surface area contributed by atoms with E-state index in [2.05, 4.69) is 94.5 Å². The van der Waals surface area contributed by atoms with Crippen LogP contribution >= 0.6 is 0 Å². The highest BCUT2D eigenvalue weighted by molar-refractivity contribution is 6.02. The molecule has 0 radical (unpaired) electrons. The first-order chi connectivity index (χ1) is 13.3. The van der Waals surface area contributed by atoms with Gasteiger partial charge in [-0.3, -0.25) is 4.98 Å². The molecule has 4 heterocycles. The molecule has 3 aliphatic rings. The normalized spacial score (nSPS) is 26.5. The second-order valence-corrected chi connectivity index (χ2v) is 9.46. The highest BCUT2D eigenvalue weighted by Crippen LogP contribution is 2.63. The first-order valence-electron chi connectivity index (χ1n) is 10.2. The summed E-state index contributed by atoms with van der Waals surface area (Å²) in [5, 5.41) is 0. The van der Waals surface area contributed by atoms with Crippen molar-refractivity contribution in [2.45, 2.75) is 46.2 Å². The van der Waals surface area contributed by atoms with Gasteiger partial charge >= 0.3 is 0 Å². The van der Waals surface area contributed by atoms with E-state index in [0.717, 1.165) is 5.69 Å². The molecule has 2 unspecified atom stereocenters. The van der Waals surface area contributed by atoms with Crippen molar-refractivity contribution >= 4 is 11.4 Å². The largest absolute Gasteiger partial charge is 0.355 e. The Morgan fingerprint density at radius 2 is 1.82 bits per heavy atom. The van der Waals surface area contributed by atoms with Crippen LogP contribution in [0, 0.1) is 11.3 Å². The van der Waals surface area contributed by atoms with Crippen molar-refractivity contribution in [2.24, 2.45) is 11.3 Å². The van der Waals surface area contributed by atoms with Crippen molar-refractivity contribution < 1.29 is 0 Å². The van der Waals surface area contributed by atoms with E-state index in [0.29, 0.717) is 5.92 Å². The molecule has 2 aromatic rings. The van der Waals surface area contributed by atoms with Crippen LogP contribution in [0.4, 0.5) is 5.69 Å². The topological polar surface area (TPSA) is 19.4 Å². The lowest BCUT2D eigenvalue weighted by Crippen LogP contribution is -2.61. The molecule has 3 heteroatoms. The van der Waals surface area contributed by atoms with Crippen LogP contribution in [0.15, 0.2) is 54.9 Å². The molecule has 144 valence electrons. The number of para-hydroxylation sites is 1. The Balaban J connectivity index is 1.98. The van der Waals surface area contributed by atoms with E-state index in [1.807, 2.05) is 6.20 Å². The summed E-state index contributed by atoms with van der Waals surface area (Å²) in [5.41, 5.74) is 8.88. The first-order valence-corrected chi connectivity index (χ1v) is 10.2. The molecule has 0 amide bonds. The van der Waals surface area contributed by atoms with Crippen molar-refractivity contribution in [1.29, 1.82) is 0 Å². The zero-order valence-corrected chi connectivity index (χ0v) is 17.7. The quantitative estimate of drug-likeness (QED) is 0.636. The molecule has 0 N–H and O–H groups in total. The summed E-state index contributed by atoms with van der Waals surface area (Å²) in [6.45, 7) is 16.0. The minimum Gasteiger partial charge on any atom is -0.355 e. The SMILES string of the molecule is C=CC1(C)C2N(C)C(C(C)C)=C3c4ncccc4-c4cccc(c4N32)C1(C)C. The van der Waals surface area contributed by atoms with Gasteiger partial charge in [-0.05, 0) is 17.5 Å². The number of rotatable bonds is 2. The van der Waals surface area contributed by atoms with Crippen LogP contribution in [0.1, 0.15) is 45.9 Å². The van der Waals surface area contributed by atoms with E-state index in [4.69, 9.17) is 4.98 Å². The predicted molar refractivity (Wildman–Crippen MR) is 117 cm³/mol. The minimum atomic E-state index is -0.123. The number of anilines is 1. The standard InChI is InChI=1S/C25H29N3/c1-8-25(6)23-27(7)20(15(2)3)22-19-16(12-10-14-26-19)17-11-9-13-18(24(25,4)5)21(17)28(22)23/h8-15,23H,1H2,2-7H3. The Bertz CT molecular complexity index is 1050. The number of pyridine rings is 1. The molecule has 0 fully saturated rings. The second kappa shape index (κ2) is 5.28. The summed E-state index contributed by atoms with van der Waals surface area (Å²) in [6.07, 6.45) is 4.29. The van der Waals surface area contributed by atoms with Crippen molar-refractivity contribution in [3.05, 3.63) is 66.1 Å². The molecule has 3 nitrogen and oxygen atoms in total. The van der Waals surface area contributed by atoms with Gasteiger partial charge in [0.2, 0.25) is 0 Å². The molecule has 0 saturated heterocycles. The number of hydrogen-bond donors (Lipinski definition) is 0. The van der Waals surface area contributed by atoms with E-state index in [9.17, 15) is 0 Å². The van der Waals surface area contributed by atoms with Crippen LogP contribution in [0.25, 0.3) is 16.8 Å². The summed E-state index contributed by atoms with van der Waals surface area (Å²) in [4.78, 5) is 9.94. The lowest BCUT2D eigenvalue weighted by molar-refractivity contribution is 0.0966. The third kappa shape index (κ3) is 1.74. The van der Waals surface area contributed by atoms with Gasteiger partial charge in [0, 0.05) is 40.9 Å².